The maximum Gasteiger partial charge on any atom is 0.120 e. The number of alkyl halides is 1. The number of benzene rings is 1. The van der Waals surface area contributed by atoms with Crippen LogP contribution in [0.1, 0.15) is 38.2 Å². The summed E-state index contributed by atoms with van der Waals surface area (Å²) in [5.74, 6) is 1.54. The molecule has 0 spiro atoms. The normalized spacial score (nSPS) is 19.7. The Morgan fingerprint density at radius 2 is 2.07 bits per heavy atom. The van der Waals surface area contributed by atoms with Crippen LogP contribution < -0.4 is 4.74 Å². The summed E-state index contributed by atoms with van der Waals surface area (Å²) in [7, 11) is 0. The molecule has 0 saturated heterocycles. The van der Waals surface area contributed by atoms with Crippen LogP contribution in [0.5, 0.6) is 5.75 Å². The van der Waals surface area contributed by atoms with Gasteiger partial charge >= 0.3 is 0 Å². The van der Waals surface area contributed by atoms with Crippen LogP contribution in [-0.2, 0) is 0 Å². The molecule has 1 fully saturated rings. The van der Waals surface area contributed by atoms with E-state index in [9.17, 15) is 0 Å². The topological polar surface area (TPSA) is 9.23 Å². The molecule has 1 aliphatic carbocycles. The average molecular weight is 269 g/mol. The SMILES string of the molecule is CC(Br)C(C)c1cccc(OC2CC2)c1. The second kappa shape index (κ2) is 4.56. The number of hydrogen-bond acceptors (Lipinski definition) is 1. The van der Waals surface area contributed by atoms with Gasteiger partial charge in [0, 0.05) is 4.83 Å². The van der Waals surface area contributed by atoms with E-state index in [2.05, 4.69) is 48.0 Å². The van der Waals surface area contributed by atoms with Crippen LogP contribution in [0.3, 0.4) is 0 Å². The first-order chi connectivity index (χ1) is 7.16. The summed E-state index contributed by atoms with van der Waals surface area (Å²) >= 11 is 3.62. The highest BCUT2D eigenvalue weighted by atomic mass is 79.9. The molecule has 82 valence electrons. The van der Waals surface area contributed by atoms with Crippen LogP contribution in [-0.4, -0.2) is 10.9 Å². The summed E-state index contributed by atoms with van der Waals surface area (Å²) in [5, 5.41) is 0. The first-order valence-electron chi connectivity index (χ1n) is 5.57. The van der Waals surface area contributed by atoms with E-state index in [1.807, 2.05) is 6.07 Å². The number of ether oxygens (including phenoxy) is 1. The van der Waals surface area contributed by atoms with Gasteiger partial charge in [0.25, 0.3) is 0 Å². The highest BCUT2D eigenvalue weighted by Crippen LogP contribution is 2.30. The lowest BCUT2D eigenvalue weighted by atomic mass is 9.98. The third-order valence-corrected chi connectivity index (χ3v) is 3.69. The zero-order valence-electron chi connectivity index (χ0n) is 9.24. The minimum atomic E-state index is 0.483. The lowest BCUT2D eigenvalue weighted by molar-refractivity contribution is 0.303. The first-order valence-corrected chi connectivity index (χ1v) is 6.49. The van der Waals surface area contributed by atoms with Crippen molar-refractivity contribution in [3.05, 3.63) is 29.8 Å². The third-order valence-electron chi connectivity index (χ3n) is 2.90. The largest absolute Gasteiger partial charge is 0.490 e. The third kappa shape index (κ3) is 2.97. The Labute approximate surface area is 100.0 Å². The van der Waals surface area contributed by atoms with Crippen molar-refractivity contribution in [2.24, 2.45) is 0 Å². The van der Waals surface area contributed by atoms with Gasteiger partial charge < -0.3 is 4.74 Å². The fraction of sp³-hybridized carbons (Fsp3) is 0.538. The summed E-state index contributed by atoms with van der Waals surface area (Å²) in [5.41, 5.74) is 1.34. The van der Waals surface area contributed by atoms with E-state index >= 15 is 0 Å². The number of halogens is 1. The van der Waals surface area contributed by atoms with Gasteiger partial charge in [0.15, 0.2) is 0 Å². The molecular weight excluding hydrogens is 252 g/mol. The Morgan fingerprint density at radius 1 is 1.33 bits per heavy atom. The first kappa shape index (κ1) is 11.0. The Kier molecular flexibility index (Phi) is 3.35. The summed E-state index contributed by atoms with van der Waals surface area (Å²) in [6.45, 7) is 4.41. The molecule has 0 N–H and O–H groups in total. The average Bonchev–Trinajstić information content (AvgIpc) is 3.01. The Balaban J connectivity index is 2.10. The molecule has 1 nitrogen and oxygen atoms in total. The van der Waals surface area contributed by atoms with Gasteiger partial charge in [0.2, 0.25) is 0 Å². The van der Waals surface area contributed by atoms with Crippen LogP contribution >= 0.6 is 15.9 Å². The molecule has 1 saturated carbocycles. The zero-order chi connectivity index (χ0) is 10.8. The van der Waals surface area contributed by atoms with Gasteiger partial charge in [-0.05, 0) is 36.5 Å². The van der Waals surface area contributed by atoms with Gasteiger partial charge in [-0.15, -0.1) is 0 Å². The molecule has 0 aromatic heterocycles. The van der Waals surface area contributed by atoms with Crippen molar-refractivity contribution >= 4 is 15.9 Å². The monoisotopic (exact) mass is 268 g/mol. The van der Waals surface area contributed by atoms with E-state index in [1.54, 1.807) is 0 Å². The van der Waals surface area contributed by atoms with Crippen molar-refractivity contribution in [2.45, 2.75) is 43.5 Å². The maximum atomic E-state index is 5.78. The van der Waals surface area contributed by atoms with E-state index in [4.69, 9.17) is 4.74 Å². The number of hydrogen-bond donors (Lipinski definition) is 0. The fourth-order valence-electron chi connectivity index (χ4n) is 1.51. The Morgan fingerprint density at radius 3 is 2.67 bits per heavy atom. The Bertz CT molecular complexity index is 331. The molecule has 2 rings (SSSR count). The van der Waals surface area contributed by atoms with Gasteiger partial charge in [-0.2, -0.15) is 0 Å². The van der Waals surface area contributed by atoms with Gasteiger partial charge in [0.05, 0.1) is 6.10 Å². The predicted octanol–water partition coefficient (Wildman–Crippen LogP) is 4.11. The molecule has 1 aliphatic rings. The van der Waals surface area contributed by atoms with Gasteiger partial charge in [0.1, 0.15) is 5.75 Å². The number of rotatable bonds is 4. The summed E-state index contributed by atoms with van der Waals surface area (Å²) in [6.07, 6.45) is 2.92. The van der Waals surface area contributed by atoms with E-state index < -0.39 is 0 Å². The molecule has 1 aromatic carbocycles. The molecule has 2 unspecified atom stereocenters. The highest BCUT2D eigenvalue weighted by molar-refractivity contribution is 9.09. The molecule has 2 heteroatoms. The minimum Gasteiger partial charge on any atom is -0.490 e. The maximum absolute atomic E-state index is 5.78. The molecule has 15 heavy (non-hydrogen) atoms. The second-order valence-corrected chi connectivity index (χ2v) is 5.80. The van der Waals surface area contributed by atoms with Gasteiger partial charge in [-0.3, -0.25) is 0 Å². The van der Waals surface area contributed by atoms with Crippen molar-refractivity contribution < 1.29 is 4.74 Å². The van der Waals surface area contributed by atoms with E-state index in [0.717, 1.165) is 5.75 Å². The predicted molar refractivity (Wildman–Crippen MR) is 66.9 cm³/mol. The highest BCUT2D eigenvalue weighted by Gasteiger charge is 2.23. The lowest BCUT2D eigenvalue weighted by Crippen LogP contribution is -2.05. The molecule has 1 aromatic rings. The lowest BCUT2D eigenvalue weighted by Gasteiger charge is -2.15. The molecule has 2 atom stereocenters. The van der Waals surface area contributed by atoms with Crippen LogP contribution in [0.2, 0.25) is 0 Å². The molecule has 0 aliphatic heterocycles. The molecule has 0 heterocycles. The minimum absolute atomic E-state index is 0.483. The van der Waals surface area contributed by atoms with Gasteiger partial charge in [-0.25, -0.2) is 0 Å². The second-order valence-electron chi connectivity index (χ2n) is 4.36. The van der Waals surface area contributed by atoms with Crippen LogP contribution in [0.25, 0.3) is 0 Å². The van der Waals surface area contributed by atoms with Crippen molar-refractivity contribution in [1.29, 1.82) is 0 Å². The van der Waals surface area contributed by atoms with Crippen molar-refractivity contribution in [3.63, 3.8) is 0 Å². The smallest absolute Gasteiger partial charge is 0.120 e. The van der Waals surface area contributed by atoms with Crippen molar-refractivity contribution in [1.82, 2.24) is 0 Å². The summed E-state index contributed by atoms with van der Waals surface area (Å²) in [6, 6.07) is 8.47. The van der Waals surface area contributed by atoms with E-state index in [-0.39, 0.29) is 0 Å². The van der Waals surface area contributed by atoms with E-state index in [1.165, 1.54) is 18.4 Å². The molecule has 0 bridgehead atoms. The van der Waals surface area contributed by atoms with Crippen LogP contribution in [0.15, 0.2) is 24.3 Å². The molecule has 0 radical (unpaired) electrons. The summed E-state index contributed by atoms with van der Waals surface area (Å²) < 4.78 is 5.78. The molecular formula is C13H17BrO. The van der Waals surface area contributed by atoms with Crippen molar-refractivity contribution in [2.75, 3.05) is 0 Å². The zero-order valence-corrected chi connectivity index (χ0v) is 10.8. The fourth-order valence-corrected chi connectivity index (χ4v) is 1.82. The van der Waals surface area contributed by atoms with E-state index in [0.29, 0.717) is 16.8 Å². The van der Waals surface area contributed by atoms with Crippen molar-refractivity contribution in [3.8, 4) is 5.75 Å². The van der Waals surface area contributed by atoms with Crippen LogP contribution in [0.4, 0.5) is 0 Å². The standard InChI is InChI=1S/C13H17BrO/c1-9(10(2)14)11-4-3-5-13(8-11)15-12-6-7-12/h3-5,8-10,12H,6-7H2,1-2H3. The summed E-state index contributed by atoms with van der Waals surface area (Å²) in [4.78, 5) is 0.494. The quantitative estimate of drug-likeness (QED) is 0.747. The van der Waals surface area contributed by atoms with Crippen LogP contribution in [0, 0.1) is 0 Å². The van der Waals surface area contributed by atoms with Gasteiger partial charge in [-0.1, -0.05) is 41.9 Å². The molecule has 0 amide bonds. The Hall–Kier alpha value is -0.500.